The van der Waals surface area contributed by atoms with Crippen molar-refractivity contribution in [1.82, 2.24) is 9.97 Å². The maximum Gasteiger partial charge on any atom is 0.220 e. The first-order chi connectivity index (χ1) is 8.83. The molecule has 100 valence electrons. The molecule has 2 rings (SSSR count). The molecular weight excluding hydrogens is 260 g/mol. The van der Waals surface area contributed by atoms with Gasteiger partial charge in [-0.1, -0.05) is 11.6 Å². The normalized spacial score (nSPS) is 14.0. The van der Waals surface area contributed by atoms with Crippen molar-refractivity contribution in [3.63, 3.8) is 0 Å². The molecule has 1 aromatic carbocycles. The van der Waals surface area contributed by atoms with E-state index in [0.717, 1.165) is 22.4 Å². The molecule has 0 bridgehead atoms. The molecule has 19 heavy (non-hydrogen) atoms. The van der Waals surface area contributed by atoms with Crippen LogP contribution in [0.15, 0.2) is 30.5 Å². The third-order valence-corrected chi connectivity index (χ3v) is 3.43. The second-order valence-corrected chi connectivity index (χ2v) is 6.96. The average Bonchev–Trinajstić information content (AvgIpc) is 2.25. The summed E-state index contributed by atoms with van der Waals surface area (Å²) in [5, 5.41) is 0. The van der Waals surface area contributed by atoms with Crippen LogP contribution in [0, 0.1) is 11.7 Å². The zero-order valence-electron chi connectivity index (χ0n) is 10.9. The first-order valence-corrected chi connectivity index (χ1v) is 7.88. The van der Waals surface area contributed by atoms with E-state index in [4.69, 9.17) is 10.5 Å². The Hall–Kier alpha value is -1.95. The highest BCUT2D eigenvalue weighted by atomic mass is 32.2. The fraction of sp³-hybridized carbons (Fsp3) is 0.231. The standard InChI is InChI=1S/C13H16N4OS/c1-9-5-10(8-19(2,15)18)7-11(6-9)12-3-4-16-13(14)17-12/h3-7,15H,8H2,1-2H3,(H2,14,16,17). The second kappa shape index (κ2) is 4.97. The van der Waals surface area contributed by atoms with Crippen molar-refractivity contribution in [3.05, 3.63) is 41.6 Å². The third-order valence-electron chi connectivity index (χ3n) is 2.55. The van der Waals surface area contributed by atoms with Crippen LogP contribution in [-0.4, -0.2) is 20.4 Å². The zero-order chi connectivity index (χ0) is 14.0. The summed E-state index contributed by atoms with van der Waals surface area (Å²) in [6, 6.07) is 7.59. The predicted molar refractivity (Wildman–Crippen MR) is 77.1 cm³/mol. The van der Waals surface area contributed by atoms with Crippen LogP contribution in [0.1, 0.15) is 11.1 Å². The van der Waals surface area contributed by atoms with Crippen LogP contribution < -0.4 is 5.73 Å². The van der Waals surface area contributed by atoms with Gasteiger partial charge in [-0.05, 0) is 30.7 Å². The van der Waals surface area contributed by atoms with Gasteiger partial charge in [0, 0.05) is 27.7 Å². The van der Waals surface area contributed by atoms with Crippen LogP contribution in [0.25, 0.3) is 11.3 Å². The summed E-state index contributed by atoms with van der Waals surface area (Å²) in [6.07, 6.45) is 3.05. The third kappa shape index (κ3) is 3.75. The molecule has 1 aromatic heterocycles. The van der Waals surface area contributed by atoms with Gasteiger partial charge >= 0.3 is 0 Å². The Morgan fingerprint density at radius 3 is 2.74 bits per heavy atom. The molecule has 0 aliphatic heterocycles. The van der Waals surface area contributed by atoms with Crippen LogP contribution in [0.4, 0.5) is 5.95 Å². The SMILES string of the molecule is Cc1cc(CS(C)(=N)=O)cc(-c2ccnc(N)n2)c1. The molecule has 5 nitrogen and oxygen atoms in total. The molecule has 0 fully saturated rings. The number of hydrogen-bond donors (Lipinski definition) is 2. The van der Waals surface area contributed by atoms with Gasteiger partial charge in [-0.15, -0.1) is 0 Å². The molecule has 0 radical (unpaired) electrons. The van der Waals surface area contributed by atoms with Gasteiger partial charge in [-0.3, -0.25) is 4.78 Å². The molecule has 1 heterocycles. The van der Waals surface area contributed by atoms with Gasteiger partial charge in [0.2, 0.25) is 5.95 Å². The van der Waals surface area contributed by atoms with Crippen LogP contribution in [0.2, 0.25) is 0 Å². The summed E-state index contributed by atoms with van der Waals surface area (Å²) < 4.78 is 19.1. The molecular formula is C13H16N4OS. The van der Waals surface area contributed by atoms with Gasteiger partial charge in [0.15, 0.2) is 0 Å². The highest BCUT2D eigenvalue weighted by Crippen LogP contribution is 2.21. The molecule has 0 saturated carbocycles. The highest BCUT2D eigenvalue weighted by Gasteiger charge is 2.06. The fourth-order valence-electron chi connectivity index (χ4n) is 1.95. The zero-order valence-corrected chi connectivity index (χ0v) is 11.7. The van der Waals surface area contributed by atoms with E-state index in [0.29, 0.717) is 0 Å². The number of nitrogens with two attached hydrogens (primary N) is 1. The lowest BCUT2D eigenvalue weighted by molar-refractivity contribution is 0.678. The minimum Gasteiger partial charge on any atom is -0.368 e. The number of aromatic nitrogens is 2. The number of nitrogens with zero attached hydrogens (tertiary/aromatic N) is 2. The number of hydrogen-bond acceptors (Lipinski definition) is 5. The predicted octanol–water partition coefficient (Wildman–Crippen LogP) is 2.21. The molecule has 2 aromatic rings. The van der Waals surface area contributed by atoms with Crippen molar-refractivity contribution in [2.75, 3.05) is 12.0 Å². The van der Waals surface area contributed by atoms with Crippen LogP contribution in [-0.2, 0) is 15.5 Å². The van der Waals surface area contributed by atoms with Gasteiger partial charge in [0.05, 0.1) is 11.4 Å². The summed E-state index contributed by atoms with van der Waals surface area (Å²) in [4.78, 5) is 8.03. The first kappa shape index (κ1) is 13.5. The van der Waals surface area contributed by atoms with E-state index >= 15 is 0 Å². The van der Waals surface area contributed by atoms with Crippen molar-refractivity contribution in [3.8, 4) is 11.3 Å². The highest BCUT2D eigenvalue weighted by molar-refractivity contribution is 7.90. The maximum absolute atomic E-state index is 11.6. The number of nitrogen functional groups attached to an aromatic ring is 1. The number of nitrogens with one attached hydrogen (secondary N) is 1. The van der Waals surface area contributed by atoms with Crippen LogP contribution >= 0.6 is 0 Å². The summed E-state index contributed by atoms with van der Waals surface area (Å²) >= 11 is 0. The van der Waals surface area contributed by atoms with E-state index in [9.17, 15) is 4.21 Å². The second-order valence-electron chi connectivity index (χ2n) is 4.66. The molecule has 0 spiro atoms. The van der Waals surface area contributed by atoms with Gasteiger partial charge < -0.3 is 5.73 Å². The largest absolute Gasteiger partial charge is 0.368 e. The van der Waals surface area contributed by atoms with E-state index in [1.165, 1.54) is 6.26 Å². The van der Waals surface area contributed by atoms with Gasteiger partial charge in [0.1, 0.15) is 0 Å². The van der Waals surface area contributed by atoms with Crippen molar-refractivity contribution >= 4 is 15.7 Å². The summed E-state index contributed by atoms with van der Waals surface area (Å²) in [5.74, 6) is 0.461. The van der Waals surface area contributed by atoms with Crippen molar-refractivity contribution in [1.29, 1.82) is 4.78 Å². The molecule has 0 saturated heterocycles. The number of benzene rings is 1. The molecule has 1 unspecified atom stereocenters. The molecule has 1 atom stereocenters. The fourth-order valence-corrected chi connectivity index (χ4v) is 2.75. The molecule has 0 aliphatic carbocycles. The van der Waals surface area contributed by atoms with E-state index in [2.05, 4.69) is 9.97 Å². The Morgan fingerprint density at radius 1 is 1.37 bits per heavy atom. The summed E-state index contributed by atoms with van der Waals surface area (Å²) in [7, 11) is -2.56. The Balaban J connectivity index is 2.47. The van der Waals surface area contributed by atoms with E-state index in [1.807, 2.05) is 25.1 Å². The Morgan fingerprint density at radius 2 is 2.11 bits per heavy atom. The Labute approximate surface area is 112 Å². The van der Waals surface area contributed by atoms with Crippen molar-refractivity contribution in [2.24, 2.45) is 0 Å². The Bertz CT molecular complexity index is 710. The quantitative estimate of drug-likeness (QED) is 0.898. The molecule has 0 amide bonds. The molecule has 3 N–H and O–H groups in total. The van der Waals surface area contributed by atoms with Gasteiger partial charge in [0.25, 0.3) is 0 Å². The lowest BCUT2D eigenvalue weighted by Gasteiger charge is -2.08. The monoisotopic (exact) mass is 276 g/mol. The lowest BCUT2D eigenvalue weighted by Crippen LogP contribution is -2.00. The Kier molecular flexibility index (Phi) is 3.53. The lowest BCUT2D eigenvalue weighted by atomic mass is 10.0. The minimum absolute atomic E-state index is 0.223. The molecule has 0 aliphatic rings. The number of aryl methyl sites for hydroxylation is 1. The topological polar surface area (TPSA) is 92.7 Å². The molecule has 6 heteroatoms. The van der Waals surface area contributed by atoms with E-state index in [1.54, 1.807) is 12.3 Å². The summed E-state index contributed by atoms with van der Waals surface area (Å²) in [5.41, 5.74) is 9.10. The van der Waals surface area contributed by atoms with Crippen molar-refractivity contribution in [2.45, 2.75) is 12.7 Å². The number of rotatable bonds is 3. The first-order valence-electron chi connectivity index (χ1n) is 5.74. The summed E-state index contributed by atoms with van der Waals surface area (Å²) in [6.45, 7) is 1.96. The van der Waals surface area contributed by atoms with Gasteiger partial charge in [-0.25, -0.2) is 14.2 Å². The van der Waals surface area contributed by atoms with Crippen LogP contribution in [0.3, 0.4) is 0 Å². The van der Waals surface area contributed by atoms with Gasteiger partial charge in [-0.2, -0.15) is 0 Å². The van der Waals surface area contributed by atoms with E-state index < -0.39 is 9.73 Å². The average molecular weight is 276 g/mol. The number of anilines is 1. The van der Waals surface area contributed by atoms with Crippen LogP contribution in [0.5, 0.6) is 0 Å². The van der Waals surface area contributed by atoms with E-state index in [-0.39, 0.29) is 11.7 Å². The smallest absolute Gasteiger partial charge is 0.220 e. The minimum atomic E-state index is -2.56. The van der Waals surface area contributed by atoms with Crippen molar-refractivity contribution < 1.29 is 4.21 Å². The maximum atomic E-state index is 11.6.